The zero-order valence-corrected chi connectivity index (χ0v) is 17.8. The van der Waals surface area contributed by atoms with Crippen LogP contribution in [0.3, 0.4) is 0 Å². The smallest absolute Gasteiger partial charge is 0.257 e. The van der Waals surface area contributed by atoms with Crippen molar-refractivity contribution in [3.63, 3.8) is 0 Å². The summed E-state index contributed by atoms with van der Waals surface area (Å²) in [6.07, 6.45) is 8.15. The molecule has 0 unspecified atom stereocenters. The van der Waals surface area contributed by atoms with Gasteiger partial charge in [-0.3, -0.25) is 14.6 Å². The van der Waals surface area contributed by atoms with Crippen LogP contribution in [0.25, 0.3) is 0 Å². The molecule has 0 spiro atoms. The van der Waals surface area contributed by atoms with Crippen LogP contribution in [-0.2, 0) is 4.79 Å². The third-order valence-corrected chi connectivity index (χ3v) is 6.46. The Hall–Kier alpha value is -2.41. The largest absolute Gasteiger partial charge is 0.343 e. The highest BCUT2D eigenvalue weighted by molar-refractivity contribution is 7.99. The number of hydrogen-bond donors (Lipinski definition) is 2. The Labute approximate surface area is 174 Å². The van der Waals surface area contributed by atoms with Gasteiger partial charge in [-0.25, -0.2) is 4.98 Å². The molecular weight excluding hydrogens is 384 g/mol. The number of thioether (sulfide) groups is 1. The molecule has 0 radical (unpaired) electrons. The maximum Gasteiger partial charge on any atom is 0.257 e. The summed E-state index contributed by atoms with van der Waals surface area (Å²) in [6, 6.07) is 3.77. The van der Waals surface area contributed by atoms with E-state index >= 15 is 0 Å². The van der Waals surface area contributed by atoms with Crippen molar-refractivity contribution in [2.75, 3.05) is 11.1 Å². The first-order chi connectivity index (χ1) is 13.9. The minimum atomic E-state index is -0.403. The van der Waals surface area contributed by atoms with Gasteiger partial charge in [0.2, 0.25) is 0 Å². The van der Waals surface area contributed by atoms with E-state index in [1.54, 1.807) is 24.2 Å². The molecule has 2 aliphatic rings. The van der Waals surface area contributed by atoms with Crippen molar-refractivity contribution in [2.24, 2.45) is 11.3 Å². The van der Waals surface area contributed by atoms with Crippen molar-refractivity contribution in [3.05, 3.63) is 57.8 Å². The predicted octanol–water partition coefficient (Wildman–Crippen LogP) is 4.11. The van der Waals surface area contributed by atoms with Gasteiger partial charge in [0.15, 0.2) is 5.16 Å². The van der Waals surface area contributed by atoms with Crippen LogP contribution in [0.1, 0.15) is 57.1 Å². The predicted molar refractivity (Wildman–Crippen MR) is 115 cm³/mol. The molecule has 0 fully saturated rings. The summed E-state index contributed by atoms with van der Waals surface area (Å²) < 4.78 is 0. The van der Waals surface area contributed by atoms with Crippen LogP contribution in [-0.4, -0.2) is 26.5 Å². The molecule has 7 heteroatoms. The Balaban J connectivity index is 1.86. The summed E-state index contributed by atoms with van der Waals surface area (Å²) in [4.78, 5) is 38.0. The van der Waals surface area contributed by atoms with Crippen LogP contribution >= 0.6 is 11.8 Å². The molecule has 0 bridgehead atoms. The highest BCUT2D eigenvalue weighted by atomic mass is 32.2. The number of carbonyl (C=O) groups excluding carboxylic acids is 1. The number of ketones is 1. The average molecular weight is 411 g/mol. The Morgan fingerprint density at radius 2 is 1.97 bits per heavy atom. The lowest BCUT2D eigenvalue weighted by molar-refractivity contribution is -0.124. The van der Waals surface area contributed by atoms with Crippen molar-refractivity contribution >= 4 is 23.4 Å². The topological polar surface area (TPSA) is 87.7 Å². The standard InChI is InChI=1S/C22H26N4O2S/c1-4-5-10-29-21-25-19-18(20(28)26-21)16(13-6-8-23-9-7-13)17-14(24-19)11-22(2,3)12-15(17)27/h6-9,11,16-17H,4-5,10,12H2,1-3H3,(H2,24,25,26,28)/t16-,17-/m1/s1. The number of fused-ring (bicyclic) bond motifs is 2. The molecule has 2 N–H and O–H groups in total. The van der Waals surface area contributed by atoms with E-state index in [-0.39, 0.29) is 22.7 Å². The summed E-state index contributed by atoms with van der Waals surface area (Å²) in [5.74, 6) is 0.841. The highest BCUT2D eigenvalue weighted by Crippen LogP contribution is 2.47. The number of Topliss-reactive ketones (excluding diaryl/α,β-unsaturated/α-hetero) is 1. The van der Waals surface area contributed by atoms with Gasteiger partial charge in [-0.15, -0.1) is 0 Å². The SMILES string of the molecule is CCCCSc1nc2c(c(=O)[nH]1)[C@H](c1ccncc1)[C@H]1C(=O)CC(C)(C)C=C1N2. The third kappa shape index (κ3) is 3.88. The van der Waals surface area contributed by atoms with Gasteiger partial charge in [-0.1, -0.05) is 45.0 Å². The van der Waals surface area contributed by atoms with Gasteiger partial charge in [0.25, 0.3) is 5.56 Å². The summed E-state index contributed by atoms with van der Waals surface area (Å²) in [7, 11) is 0. The number of allylic oxidation sites excluding steroid dienone is 2. The van der Waals surface area contributed by atoms with E-state index in [1.807, 2.05) is 12.1 Å². The molecule has 4 rings (SSSR count). The van der Waals surface area contributed by atoms with Gasteiger partial charge in [-0.05, 0) is 29.5 Å². The molecule has 0 saturated heterocycles. The quantitative estimate of drug-likeness (QED) is 0.438. The molecule has 3 heterocycles. The summed E-state index contributed by atoms with van der Waals surface area (Å²) in [5, 5.41) is 3.95. The van der Waals surface area contributed by atoms with Gasteiger partial charge >= 0.3 is 0 Å². The average Bonchev–Trinajstić information content (AvgIpc) is 2.66. The molecule has 29 heavy (non-hydrogen) atoms. The maximum atomic E-state index is 13.2. The summed E-state index contributed by atoms with van der Waals surface area (Å²) >= 11 is 1.56. The van der Waals surface area contributed by atoms with Gasteiger partial charge in [-0.2, -0.15) is 0 Å². The fraction of sp³-hybridized carbons (Fsp3) is 0.455. The van der Waals surface area contributed by atoms with Gasteiger partial charge in [0.05, 0.1) is 11.5 Å². The number of carbonyl (C=O) groups is 1. The Morgan fingerprint density at radius 1 is 1.21 bits per heavy atom. The first-order valence-corrected chi connectivity index (χ1v) is 11.1. The monoisotopic (exact) mass is 410 g/mol. The number of nitrogens with one attached hydrogen (secondary N) is 2. The van der Waals surface area contributed by atoms with Crippen LogP contribution in [0, 0.1) is 11.3 Å². The molecule has 0 aromatic carbocycles. The third-order valence-electron chi connectivity index (χ3n) is 5.50. The molecule has 0 amide bonds. The lowest BCUT2D eigenvalue weighted by atomic mass is 9.67. The number of hydrogen-bond acceptors (Lipinski definition) is 6. The fourth-order valence-electron chi connectivity index (χ4n) is 4.23. The van der Waals surface area contributed by atoms with E-state index in [1.165, 1.54) is 0 Å². The van der Waals surface area contributed by atoms with Gasteiger partial charge < -0.3 is 10.3 Å². The minimum absolute atomic E-state index is 0.147. The number of nitrogens with zero attached hydrogens (tertiary/aromatic N) is 2. The second-order valence-electron chi connectivity index (χ2n) is 8.43. The van der Waals surface area contributed by atoms with Crippen LogP contribution < -0.4 is 10.9 Å². The first kappa shape index (κ1) is 19.9. The van der Waals surface area contributed by atoms with E-state index < -0.39 is 5.92 Å². The van der Waals surface area contributed by atoms with Crippen molar-refractivity contribution < 1.29 is 4.79 Å². The van der Waals surface area contributed by atoms with Crippen LogP contribution in [0.5, 0.6) is 0 Å². The van der Waals surface area contributed by atoms with Gasteiger partial charge in [0, 0.05) is 36.2 Å². The molecule has 2 aromatic rings. The number of aromatic nitrogens is 3. The lowest BCUT2D eigenvalue weighted by Crippen LogP contribution is -2.41. The zero-order valence-electron chi connectivity index (χ0n) is 17.0. The van der Waals surface area contributed by atoms with E-state index in [0.29, 0.717) is 23.0 Å². The van der Waals surface area contributed by atoms with Crippen molar-refractivity contribution in [1.29, 1.82) is 0 Å². The Bertz CT molecular complexity index is 1010. The molecule has 2 atom stereocenters. The highest BCUT2D eigenvalue weighted by Gasteiger charge is 2.45. The Kier molecular flexibility index (Phi) is 5.34. The number of pyridine rings is 1. The maximum absolute atomic E-state index is 13.2. The zero-order chi connectivity index (χ0) is 20.6. The second-order valence-corrected chi connectivity index (χ2v) is 9.51. The van der Waals surface area contributed by atoms with Crippen LogP contribution in [0.15, 0.2) is 46.3 Å². The normalized spacial score (nSPS) is 22.3. The van der Waals surface area contributed by atoms with E-state index in [2.05, 4.69) is 42.1 Å². The van der Waals surface area contributed by atoms with E-state index in [0.717, 1.165) is 29.9 Å². The molecule has 0 saturated carbocycles. The number of rotatable bonds is 5. The number of aromatic amines is 1. The molecule has 6 nitrogen and oxygen atoms in total. The number of unbranched alkanes of at least 4 members (excludes halogenated alkanes) is 1. The Morgan fingerprint density at radius 3 is 2.69 bits per heavy atom. The summed E-state index contributed by atoms with van der Waals surface area (Å²) in [5.41, 5.74) is 1.88. The molecule has 1 aliphatic heterocycles. The van der Waals surface area contributed by atoms with Crippen LogP contribution in [0.2, 0.25) is 0 Å². The van der Waals surface area contributed by atoms with Crippen molar-refractivity contribution in [2.45, 2.75) is 51.1 Å². The molecule has 152 valence electrons. The fourth-order valence-corrected chi connectivity index (χ4v) is 5.18. The second kappa shape index (κ2) is 7.78. The lowest BCUT2D eigenvalue weighted by Gasteiger charge is -2.40. The van der Waals surface area contributed by atoms with Gasteiger partial charge in [0.1, 0.15) is 11.6 Å². The van der Waals surface area contributed by atoms with Crippen molar-refractivity contribution in [1.82, 2.24) is 15.0 Å². The number of H-pyrrole nitrogens is 1. The van der Waals surface area contributed by atoms with Crippen molar-refractivity contribution in [3.8, 4) is 0 Å². The molecular formula is C22H26N4O2S. The first-order valence-electron chi connectivity index (χ1n) is 10.1. The minimum Gasteiger partial charge on any atom is -0.343 e. The van der Waals surface area contributed by atoms with E-state index in [4.69, 9.17) is 4.98 Å². The molecule has 2 aromatic heterocycles. The van der Waals surface area contributed by atoms with E-state index in [9.17, 15) is 9.59 Å². The molecule has 1 aliphatic carbocycles. The summed E-state index contributed by atoms with van der Waals surface area (Å²) in [6.45, 7) is 6.26. The number of anilines is 1. The van der Waals surface area contributed by atoms with Crippen LogP contribution in [0.4, 0.5) is 5.82 Å².